The summed E-state index contributed by atoms with van der Waals surface area (Å²) in [6.07, 6.45) is 1.53. The van der Waals surface area contributed by atoms with E-state index in [1.807, 2.05) is 18.2 Å². The molecule has 2 aromatic carbocycles. The molecule has 146 valence electrons. The van der Waals surface area contributed by atoms with E-state index < -0.39 is 5.82 Å². The minimum absolute atomic E-state index is 0.0743. The lowest BCUT2D eigenvalue weighted by atomic mass is 10.1. The van der Waals surface area contributed by atoms with Crippen LogP contribution in [-0.4, -0.2) is 13.0 Å². The molecule has 2 aromatic heterocycles. The molecule has 0 unspecified atom stereocenters. The third-order valence-electron chi connectivity index (χ3n) is 4.27. The first-order chi connectivity index (χ1) is 14.1. The average Bonchev–Trinajstić information content (AvgIpc) is 3.25. The van der Waals surface area contributed by atoms with Crippen molar-refractivity contribution in [1.82, 2.24) is 5.32 Å². The van der Waals surface area contributed by atoms with Gasteiger partial charge in [0, 0.05) is 11.5 Å². The minimum Gasteiger partial charge on any atom is -0.494 e. The van der Waals surface area contributed by atoms with Gasteiger partial charge in [-0.05, 0) is 36.4 Å². The molecule has 0 radical (unpaired) electrons. The Kier molecular flexibility index (Phi) is 5.11. The van der Waals surface area contributed by atoms with E-state index in [0.717, 1.165) is 5.39 Å². The number of nitrogens with zero attached hydrogens (tertiary/aromatic N) is 1. The molecule has 0 spiro atoms. The lowest BCUT2D eigenvalue weighted by Gasteiger charge is -2.06. The Morgan fingerprint density at radius 1 is 1.14 bits per heavy atom. The molecule has 0 saturated carbocycles. The number of benzene rings is 2. The Bertz CT molecular complexity index is 1230. The van der Waals surface area contributed by atoms with Crippen molar-refractivity contribution in [2.75, 3.05) is 7.11 Å². The fourth-order valence-corrected chi connectivity index (χ4v) is 2.83. The van der Waals surface area contributed by atoms with E-state index in [4.69, 9.17) is 13.6 Å². The minimum atomic E-state index is -0.557. The standard InChI is InChI=1S/C22H17FN2O4/c1-27-20-9-8-15(12-18(20)23)25-22-17(11-14-5-2-3-7-19(14)29-22)21(26)24-13-16-6-4-10-28-16/h2-12H,13H2,1H3,(H,24,26). The molecule has 0 saturated heterocycles. The van der Waals surface area contributed by atoms with Crippen molar-refractivity contribution in [2.45, 2.75) is 6.54 Å². The van der Waals surface area contributed by atoms with Gasteiger partial charge in [0.2, 0.25) is 5.55 Å². The molecule has 0 bridgehead atoms. The van der Waals surface area contributed by atoms with Crippen LogP contribution in [0.2, 0.25) is 0 Å². The second kappa shape index (κ2) is 8.02. The van der Waals surface area contributed by atoms with Crippen LogP contribution in [0.15, 0.2) is 80.8 Å². The van der Waals surface area contributed by atoms with E-state index in [1.165, 1.54) is 25.5 Å². The lowest BCUT2D eigenvalue weighted by molar-refractivity contribution is 0.0944. The van der Waals surface area contributed by atoms with Crippen LogP contribution >= 0.6 is 0 Å². The maximum atomic E-state index is 14.0. The van der Waals surface area contributed by atoms with Gasteiger partial charge >= 0.3 is 0 Å². The van der Waals surface area contributed by atoms with Crippen molar-refractivity contribution in [3.05, 3.63) is 89.6 Å². The first kappa shape index (κ1) is 18.5. The second-order valence-electron chi connectivity index (χ2n) is 6.20. The summed E-state index contributed by atoms with van der Waals surface area (Å²) in [5, 5.41) is 3.52. The first-order valence-electron chi connectivity index (χ1n) is 8.86. The van der Waals surface area contributed by atoms with Crippen LogP contribution in [0.4, 0.5) is 10.1 Å². The van der Waals surface area contributed by atoms with Gasteiger partial charge in [-0.15, -0.1) is 0 Å². The summed E-state index contributed by atoms with van der Waals surface area (Å²) in [7, 11) is 1.38. The number of furan rings is 1. The summed E-state index contributed by atoms with van der Waals surface area (Å²) in [6.45, 7) is 0.218. The van der Waals surface area contributed by atoms with E-state index in [9.17, 15) is 9.18 Å². The van der Waals surface area contributed by atoms with Gasteiger partial charge in [-0.2, -0.15) is 0 Å². The van der Waals surface area contributed by atoms with Crippen LogP contribution in [0.1, 0.15) is 16.1 Å². The second-order valence-corrected chi connectivity index (χ2v) is 6.20. The zero-order chi connectivity index (χ0) is 20.2. The van der Waals surface area contributed by atoms with Gasteiger partial charge < -0.3 is 18.9 Å². The van der Waals surface area contributed by atoms with Crippen molar-refractivity contribution in [3.8, 4) is 5.75 Å². The quantitative estimate of drug-likeness (QED) is 0.548. The number of nitrogens with one attached hydrogen (secondary N) is 1. The molecule has 4 aromatic rings. The molecule has 29 heavy (non-hydrogen) atoms. The SMILES string of the molecule is COc1ccc(N=c2oc3ccccc3cc2C(=O)NCc2ccco2)cc1F. The average molecular weight is 392 g/mol. The highest BCUT2D eigenvalue weighted by Crippen LogP contribution is 2.22. The predicted octanol–water partition coefficient (Wildman–Crippen LogP) is 4.34. The van der Waals surface area contributed by atoms with E-state index in [1.54, 1.807) is 30.3 Å². The monoisotopic (exact) mass is 392 g/mol. The first-order valence-corrected chi connectivity index (χ1v) is 8.86. The Morgan fingerprint density at radius 2 is 2.00 bits per heavy atom. The van der Waals surface area contributed by atoms with Gasteiger partial charge in [-0.1, -0.05) is 18.2 Å². The molecule has 0 aliphatic rings. The number of para-hydroxylation sites is 1. The van der Waals surface area contributed by atoms with E-state index >= 15 is 0 Å². The number of hydrogen-bond donors (Lipinski definition) is 1. The van der Waals surface area contributed by atoms with Crippen LogP contribution in [-0.2, 0) is 6.54 Å². The molecule has 2 heterocycles. The number of methoxy groups -OCH3 is 1. The summed E-state index contributed by atoms with van der Waals surface area (Å²) in [6, 6.07) is 16.7. The molecule has 0 aliphatic heterocycles. The van der Waals surface area contributed by atoms with E-state index in [-0.39, 0.29) is 29.3 Å². The molecule has 1 N–H and O–H groups in total. The number of fused-ring (bicyclic) bond motifs is 1. The lowest BCUT2D eigenvalue weighted by Crippen LogP contribution is -2.28. The normalized spacial score (nSPS) is 11.6. The zero-order valence-electron chi connectivity index (χ0n) is 15.5. The van der Waals surface area contributed by atoms with Crippen LogP contribution in [0, 0.1) is 5.82 Å². The summed E-state index contributed by atoms with van der Waals surface area (Å²) < 4.78 is 30.0. The maximum absolute atomic E-state index is 14.0. The van der Waals surface area contributed by atoms with Crippen molar-refractivity contribution < 1.29 is 22.8 Å². The molecule has 0 aliphatic carbocycles. The highest BCUT2D eigenvalue weighted by atomic mass is 19.1. The fraction of sp³-hybridized carbons (Fsp3) is 0.0909. The Morgan fingerprint density at radius 3 is 2.76 bits per heavy atom. The number of amides is 1. The van der Waals surface area contributed by atoms with Crippen LogP contribution in [0.3, 0.4) is 0 Å². The van der Waals surface area contributed by atoms with Gasteiger partial charge in [-0.3, -0.25) is 4.79 Å². The smallest absolute Gasteiger partial charge is 0.257 e. The number of ether oxygens (including phenoxy) is 1. The largest absolute Gasteiger partial charge is 0.494 e. The Labute approximate surface area is 165 Å². The Hall–Kier alpha value is -3.87. The molecular formula is C22H17FN2O4. The number of carbonyl (C=O) groups excluding carboxylic acids is 1. The highest BCUT2D eigenvalue weighted by Gasteiger charge is 2.13. The molecule has 0 fully saturated rings. The molecular weight excluding hydrogens is 375 g/mol. The number of halogens is 1. The fourth-order valence-electron chi connectivity index (χ4n) is 2.83. The summed E-state index contributed by atoms with van der Waals surface area (Å²) in [4.78, 5) is 17.1. The summed E-state index contributed by atoms with van der Waals surface area (Å²) >= 11 is 0. The summed E-state index contributed by atoms with van der Waals surface area (Å²) in [5.41, 5.74) is 1.15. The van der Waals surface area contributed by atoms with Crippen LogP contribution in [0.5, 0.6) is 5.75 Å². The van der Waals surface area contributed by atoms with Gasteiger partial charge in [0.25, 0.3) is 5.91 Å². The van der Waals surface area contributed by atoms with Gasteiger partial charge in [0.15, 0.2) is 11.6 Å². The topological polar surface area (TPSA) is 77.0 Å². The van der Waals surface area contributed by atoms with Gasteiger partial charge in [0.05, 0.1) is 25.6 Å². The molecule has 4 rings (SSSR count). The maximum Gasteiger partial charge on any atom is 0.257 e. The molecule has 7 heteroatoms. The van der Waals surface area contributed by atoms with Crippen molar-refractivity contribution in [2.24, 2.45) is 4.99 Å². The van der Waals surface area contributed by atoms with E-state index in [2.05, 4.69) is 10.3 Å². The van der Waals surface area contributed by atoms with Crippen LogP contribution in [0.25, 0.3) is 11.0 Å². The predicted molar refractivity (Wildman–Crippen MR) is 104 cm³/mol. The molecule has 6 nitrogen and oxygen atoms in total. The van der Waals surface area contributed by atoms with Crippen molar-refractivity contribution in [1.29, 1.82) is 0 Å². The summed E-state index contributed by atoms with van der Waals surface area (Å²) in [5.74, 6) is -0.218. The van der Waals surface area contributed by atoms with Crippen molar-refractivity contribution >= 4 is 22.6 Å². The molecule has 1 amide bonds. The molecule has 0 atom stereocenters. The Balaban J connectivity index is 1.77. The number of carbonyl (C=O) groups is 1. The van der Waals surface area contributed by atoms with Crippen LogP contribution < -0.4 is 15.6 Å². The third kappa shape index (κ3) is 4.03. The number of hydrogen-bond acceptors (Lipinski definition) is 5. The number of rotatable bonds is 5. The van der Waals surface area contributed by atoms with E-state index in [0.29, 0.717) is 17.0 Å². The highest BCUT2D eigenvalue weighted by molar-refractivity contribution is 5.96. The van der Waals surface area contributed by atoms with Crippen molar-refractivity contribution in [3.63, 3.8) is 0 Å². The zero-order valence-corrected chi connectivity index (χ0v) is 15.5. The van der Waals surface area contributed by atoms with Gasteiger partial charge in [0.1, 0.15) is 16.9 Å². The van der Waals surface area contributed by atoms with Gasteiger partial charge in [-0.25, -0.2) is 9.38 Å². The third-order valence-corrected chi connectivity index (χ3v) is 4.27.